The van der Waals surface area contributed by atoms with Crippen LogP contribution in [-0.4, -0.2) is 286 Å². The van der Waals surface area contributed by atoms with Gasteiger partial charge in [-0.2, -0.15) is 0 Å². The Morgan fingerprint density at radius 2 is 0.451 bits per heavy atom. The van der Waals surface area contributed by atoms with Gasteiger partial charge in [0, 0.05) is 242 Å². The van der Waals surface area contributed by atoms with E-state index < -0.39 is 81.4 Å². The normalized spacial score (nSPS) is 14.2. The average Bonchev–Trinajstić information content (AvgIpc) is 1.11. The van der Waals surface area contributed by atoms with Gasteiger partial charge >= 0.3 is 78.7 Å². The lowest BCUT2D eigenvalue weighted by molar-refractivity contribution is -0.402. The summed E-state index contributed by atoms with van der Waals surface area (Å²) in [7, 11) is -20.4. The molecule has 6 rings (SSSR count). The number of nitro groups is 6. The molecule has 6 aromatic rings. The molecule has 0 spiro atoms. The van der Waals surface area contributed by atoms with Crippen LogP contribution >= 0.6 is 273 Å². The average molecular weight is 2810 g/mol. The first kappa shape index (κ1) is 141. The number of furan rings is 3. The Morgan fingerprint density at radius 1 is 0.271 bits per heavy atom. The van der Waals surface area contributed by atoms with Crippen LogP contribution < -0.4 is 11.0 Å². The van der Waals surface area contributed by atoms with Crippen molar-refractivity contribution in [2.24, 2.45) is 11.0 Å². The van der Waals surface area contributed by atoms with Crippen molar-refractivity contribution in [2.75, 3.05) is 209 Å². The van der Waals surface area contributed by atoms with Crippen molar-refractivity contribution in [1.29, 1.82) is 0 Å². The zero-order chi connectivity index (χ0) is 109. The van der Waals surface area contributed by atoms with Gasteiger partial charge in [0.05, 0.1) is 52.8 Å². The number of alkyl halides is 14. The van der Waals surface area contributed by atoms with E-state index in [4.69, 9.17) is 133 Å². The second-order valence-electron chi connectivity index (χ2n) is 28.9. The fourth-order valence-corrected chi connectivity index (χ4v) is 34.6. The Bertz CT molecular complexity index is 4310. The van der Waals surface area contributed by atoms with Crippen LogP contribution in [0.3, 0.4) is 0 Å². The van der Waals surface area contributed by atoms with Crippen molar-refractivity contribution in [1.82, 2.24) is 46.7 Å². The molecule has 0 aromatic carbocycles. The molecule has 6 aromatic heterocycles. The Labute approximate surface area is 945 Å². The summed E-state index contributed by atoms with van der Waals surface area (Å²) in [6, 6.07) is 17.0. The molecule has 0 fully saturated rings. The van der Waals surface area contributed by atoms with Crippen molar-refractivity contribution >= 4 is 305 Å². The third kappa shape index (κ3) is 51.2. The molecule has 0 radical (unpaired) electrons. The molecule has 144 heavy (non-hydrogen) atoms. The first-order valence-corrected chi connectivity index (χ1v) is 67.8. The maximum atomic E-state index is 13.9. The molecule has 6 unspecified atom stereocenters. The molecule has 0 saturated heterocycles. The summed E-state index contributed by atoms with van der Waals surface area (Å²) in [5, 5.41) is 68.9. The molecule has 45 nitrogen and oxygen atoms in total. The number of halogens is 14. The SMILES string of the molecule is CCCN(CCBr)P(=O)(OCc1ccc([N+](=O)[O-])o1)N(CCBr)CCBr.CCCN(CCBr)P(=O)(OCc1ccc([N+](=O)[O-])s1)N(CCBr)CCBr.CCCN(CCBr)P(N)(=O)OCc1ccc([N+](=O)[O-])o1.CCCN(CCCl)P(=O)(OCc1ccc([N+](=O)[O-])o1)N(CCCl)CCCl.CCCN(CCCl)P(=O)(OCc1ccc([N+](=O)[O-])s1)N(CCCl)CCCl.CCCN(CCCl)P(N)(=O)OCc1ccc([N+](=O)[O-])s1. The number of thiophene rings is 3. The molecule has 0 aliphatic heterocycles. The van der Waals surface area contributed by atoms with Crippen LogP contribution in [0.5, 0.6) is 0 Å². The fraction of sp³-hybridized carbons (Fsp3) is 0.684. The van der Waals surface area contributed by atoms with E-state index in [0.29, 0.717) is 195 Å². The third-order valence-electron chi connectivity index (χ3n) is 18.6. The van der Waals surface area contributed by atoms with E-state index in [1.54, 1.807) is 41.6 Å². The minimum absolute atomic E-state index is 0.000639. The van der Waals surface area contributed by atoms with E-state index in [9.17, 15) is 88.1 Å². The van der Waals surface area contributed by atoms with Crippen LogP contribution in [0.4, 0.5) is 32.7 Å². The van der Waals surface area contributed by atoms with Crippen molar-refractivity contribution in [2.45, 2.75) is 120 Å². The summed E-state index contributed by atoms with van der Waals surface area (Å²) in [6.07, 6.45) is 4.73. The molecule has 6 heterocycles. The van der Waals surface area contributed by atoms with Gasteiger partial charge in [-0.3, -0.25) is 102 Å². The quantitative estimate of drug-likeness (QED) is 0.0155. The molecule has 0 amide bonds. The van der Waals surface area contributed by atoms with Gasteiger partial charge in [0.1, 0.15) is 51.9 Å². The van der Waals surface area contributed by atoms with E-state index in [-0.39, 0.29) is 113 Å². The van der Waals surface area contributed by atoms with Gasteiger partial charge in [-0.25, -0.2) is 57.7 Å². The Kier molecular flexibility index (Phi) is 77.9. The van der Waals surface area contributed by atoms with Gasteiger partial charge in [-0.15, -0.1) is 81.2 Å². The van der Waals surface area contributed by atoms with Gasteiger partial charge < -0.3 is 26.8 Å². The van der Waals surface area contributed by atoms with E-state index in [1.807, 2.05) is 60.2 Å². The fourth-order valence-electron chi connectivity index (χ4n) is 12.3. The molecule has 0 aliphatic carbocycles. The van der Waals surface area contributed by atoms with E-state index in [1.165, 1.54) is 59.3 Å². The number of nitrogens with two attached hydrogens (primary N) is 2. The van der Waals surface area contributed by atoms with Crippen molar-refractivity contribution in [3.05, 3.63) is 165 Å². The lowest BCUT2D eigenvalue weighted by Gasteiger charge is -2.37. The molecule has 6 atom stereocenters. The smallest absolute Gasteiger partial charge is 0.403 e. The Morgan fingerprint density at radius 3 is 0.660 bits per heavy atom. The summed E-state index contributed by atoms with van der Waals surface area (Å²) in [4.78, 5) is 62.8. The Hall–Kier alpha value is -0.610. The maximum Gasteiger partial charge on any atom is 0.433 e. The van der Waals surface area contributed by atoms with Crippen molar-refractivity contribution < 1.29 is 97.3 Å². The minimum Gasteiger partial charge on any atom is -0.403 e. The summed E-state index contributed by atoms with van der Waals surface area (Å²) < 4.78 is 146. The molecule has 0 bridgehead atoms. The molecular formula is C76H126Br7Cl7N18O27P6S3. The maximum absolute atomic E-state index is 13.9. The zero-order valence-electron chi connectivity index (χ0n) is 80.0. The molecule has 0 saturated carbocycles. The van der Waals surface area contributed by atoms with Gasteiger partial charge in [0.25, 0.3) is 0 Å². The third-order valence-corrected chi connectivity index (χ3v) is 39.4. The molecule has 68 heteroatoms. The van der Waals surface area contributed by atoms with Crippen LogP contribution in [0.2, 0.25) is 0 Å². The standard InChI is InChI=1S/C14H23Br3N3O5P.C14H23Br3N3O4PS.C14H23Cl3N3O5P.C14H23Cl3N3O4PS.C10H17BrN3O5P.C10H17ClN3O4PS/c1-2-8-18(9-5-15)26(23,19(10-6-16)11-7-17)24-12-13-3-4-14(25-13)20(21)22;1-2-8-18(9-5-15)25(23,19(10-6-16)11-7-17)24-12-13-3-4-14(26-13)20(21)22;1-2-8-18(9-5-15)26(23,19(10-6-16)11-7-17)24-12-13-3-4-14(25-13)20(21)22;1-2-8-18(9-5-15)25(23,19(10-6-16)11-7-17)24-12-13-3-4-14(26-13)20(21)22;1-2-6-13(7-5-11)20(12,17)18-8-9-3-4-10(19-9)14(15)16;1-2-6-13(7-5-11)19(12,17)18-8-9-3-4-10(20-9)14(15)16/h4*3-4H,2,5-12H2,1H3;2*3-4H,2,5-8H2,1H3,(H2,12,17). The van der Waals surface area contributed by atoms with E-state index in [2.05, 4.69) is 112 Å². The number of hydrogen-bond donors (Lipinski definition) is 2. The lowest BCUT2D eigenvalue weighted by atomic mass is 10.5. The van der Waals surface area contributed by atoms with Gasteiger partial charge in [-0.1, -0.05) is 187 Å². The van der Waals surface area contributed by atoms with E-state index >= 15 is 0 Å². The topological polar surface area (TPSA) is 540 Å². The van der Waals surface area contributed by atoms with Gasteiger partial charge in [-0.05, 0) is 74.9 Å². The minimum atomic E-state index is -3.50. The predicted octanol–water partition coefficient (Wildman–Crippen LogP) is 26.1. The summed E-state index contributed by atoms with van der Waals surface area (Å²) in [5.41, 5.74) is 11.4. The largest absolute Gasteiger partial charge is 0.433 e. The summed E-state index contributed by atoms with van der Waals surface area (Å²) in [6.45, 7) is 21.1. The summed E-state index contributed by atoms with van der Waals surface area (Å²) >= 11 is 67.6. The second-order valence-corrected chi connectivity index (χ2v) is 53.9. The van der Waals surface area contributed by atoms with Crippen LogP contribution in [0.15, 0.2) is 86.0 Å². The molecule has 0 aliphatic rings. The monoisotopic (exact) mass is 2800 g/mol. The lowest BCUT2D eigenvalue weighted by Crippen LogP contribution is -2.36. The second kappa shape index (κ2) is 79.4. The highest BCUT2D eigenvalue weighted by molar-refractivity contribution is 9.10. The van der Waals surface area contributed by atoms with Crippen molar-refractivity contribution in [3.8, 4) is 0 Å². The van der Waals surface area contributed by atoms with Crippen LogP contribution in [0.1, 0.15) is 112 Å². The highest BCUT2D eigenvalue weighted by Crippen LogP contribution is 2.59. The molecule has 828 valence electrons. The predicted molar refractivity (Wildman–Crippen MR) is 601 cm³/mol. The van der Waals surface area contributed by atoms with Gasteiger partial charge in [0.2, 0.25) is 0 Å². The zero-order valence-corrected chi connectivity index (χ0v) is 104. The summed E-state index contributed by atoms with van der Waals surface area (Å²) in [5.74, 6) is 1.45. The van der Waals surface area contributed by atoms with Crippen LogP contribution in [0.25, 0.3) is 0 Å². The van der Waals surface area contributed by atoms with Crippen LogP contribution in [-0.2, 0) is 94.2 Å². The van der Waals surface area contributed by atoms with E-state index in [0.717, 1.165) is 72.5 Å². The Balaban J connectivity index is 0.000000867. The molecule has 4 N–H and O–H groups in total. The molecular weight excluding hydrogens is 2690 g/mol. The number of nitrogens with zero attached hydrogens (tertiary/aromatic N) is 16. The van der Waals surface area contributed by atoms with Crippen molar-refractivity contribution in [3.63, 3.8) is 0 Å². The van der Waals surface area contributed by atoms with Crippen LogP contribution in [0, 0.1) is 60.7 Å². The highest BCUT2D eigenvalue weighted by atomic mass is 79.9. The number of hydrogen-bond acceptors (Lipinski definition) is 30. The first-order chi connectivity index (χ1) is 68.5. The first-order valence-electron chi connectivity index (χ1n) is 44.3. The number of rotatable bonds is 74. The van der Waals surface area contributed by atoms with Gasteiger partial charge in [0.15, 0.2) is 0 Å². The highest BCUT2D eigenvalue weighted by Gasteiger charge is 2.43.